The molecule has 0 saturated carbocycles. The van der Waals surface area contributed by atoms with Gasteiger partial charge in [0.1, 0.15) is 11.6 Å². The van der Waals surface area contributed by atoms with Gasteiger partial charge in [0.25, 0.3) is 0 Å². The number of carbonyl (C=O) groups excluding carboxylic acids is 2. The first kappa shape index (κ1) is 16.3. The molecule has 2 fully saturated rings. The molecule has 0 radical (unpaired) electrons. The first-order valence-corrected chi connectivity index (χ1v) is 7.84. The van der Waals surface area contributed by atoms with Crippen molar-refractivity contribution in [2.24, 2.45) is 11.3 Å². The van der Waals surface area contributed by atoms with Gasteiger partial charge in [0.05, 0.1) is 0 Å². The summed E-state index contributed by atoms with van der Waals surface area (Å²) >= 11 is 0. The van der Waals surface area contributed by atoms with Crippen LogP contribution in [0.3, 0.4) is 0 Å². The molecule has 1 N–H and O–H groups in total. The molecule has 0 aromatic carbocycles. The van der Waals surface area contributed by atoms with Crippen molar-refractivity contribution in [2.75, 3.05) is 19.8 Å². The molecular weight excluding hydrogens is 268 g/mol. The highest BCUT2D eigenvalue weighted by atomic mass is 16.5. The summed E-state index contributed by atoms with van der Waals surface area (Å²) in [5.41, 5.74) is -1.06. The van der Waals surface area contributed by atoms with E-state index in [2.05, 4.69) is 5.32 Å². The smallest absolute Gasteiger partial charge is 0.246 e. The Hall–Kier alpha value is -1.10. The van der Waals surface area contributed by atoms with Gasteiger partial charge < -0.3 is 15.0 Å². The van der Waals surface area contributed by atoms with Crippen LogP contribution < -0.4 is 5.32 Å². The first-order chi connectivity index (χ1) is 9.64. The van der Waals surface area contributed by atoms with Crippen molar-refractivity contribution in [3.63, 3.8) is 0 Å². The van der Waals surface area contributed by atoms with Gasteiger partial charge in [-0.2, -0.15) is 0 Å². The summed E-state index contributed by atoms with van der Waals surface area (Å²) in [6.07, 6.45) is 1.92. The van der Waals surface area contributed by atoms with Crippen LogP contribution in [0.4, 0.5) is 0 Å². The Labute approximate surface area is 127 Å². The van der Waals surface area contributed by atoms with Crippen LogP contribution in [-0.4, -0.2) is 48.1 Å². The van der Waals surface area contributed by atoms with Crippen LogP contribution in [0.25, 0.3) is 0 Å². The van der Waals surface area contributed by atoms with Gasteiger partial charge in [-0.1, -0.05) is 20.8 Å². The lowest BCUT2D eigenvalue weighted by molar-refractivity contribution is -0.159. The molecule has 2 aliphatic heterocycles. The van der Waals surface area contributed by atoms with Crippen molar-refractivity contribution < 1.29 is 14.3 Å². The van der Waals surface area contributed by atoms with E-state index in [1.54, 1.807) is 4.90 Å². The number of rotatable bonds is 2. The monoisotopic (exact) mass is 296 g/mol. The minimum absolute atomic E-state index is 0.0404. The molecule has 0 bridgehead atoms. The predicted molar refractivity (Wildman–Crippen MR) is 80.7 cm³/mol. The minimum Gasteiger partial charge on any atom is -0.381 e. The van der Waals surface area contributed by atoms with Crippen molar-refractivity contribution in [2.45, 2.75) is 59.0 Å². The third-order valence-electron chi connectivity index (χ3n) is 4.67. The predicted octanol–water partition coefficient (Wildman–Crippen LogP) is 1.56. The van der Waals surface area contributed by atoms with E-state index in [9.17, 15) is 9.59 Å². The average Bonchev–Trinajstić information content (AvgIpc) is 2.39. The molecule has 2 saturated heterocycles. The SMILES string of the molecule is CC(C)(C)C1NC(=O)C(C)(C)N(CC2CCOCC2)C1=O. The van der Waals surface area contributed by atoms with Crippen LogP contribution in [0.15, 0.2) is 0 Å². The Kier molecular flexibility index (Phi) is 4.34. The average molecular weight is 296 g/mol. The Morgan fingerprint density at radius 1 is 1.24 bits per heavy atom. The normalized spacial score (nSPS) is 27.7. The fourth-order valence-electron chi connectivity index (χ4n) is 3.02. The minimum atomic E-state index is -0.781. The molecule has 0 spiro atoms. The highest BCUT2D eigenvalue weighted by Gasteiger charge is 2.49. The third kappa shape index (κ3) is 3.23. The molecule has 1 atom stereocenters. The largest absolute Gasteiger partial charge is 0.381 e. The number of piperazine rings is 1. The molecule has 120 valence electrons. The summed E-state index contributed by atoms with van der Waals surface area (Å²) < 4.78 is 5.38. The second-order valence-electron chi connectivity index (χ2n) is 7.84. The van der Waals surface area contributed by atoms with Crippen LogP contribution in [-0.2, 0) is 14.3 Å². The Morgan fingerprint density at radius 3 is 2.33 bits per heavy atom. The van der Waals surface area contributed by atoms with Crippen LogP contribution in [0.2, 0.25) is 0 Å². The summed E-state index contributed by atoms with van der Waals surface area (Å²) in [7, 11) is 0. The van der Waals surface area contributed by atoms with Crippen molar-refractivity contribution in [1.29, 1.82) is 0 Å². The van der Waals surface area contributed by atoms with E-state index in [1.807, 2.05) is 34.6 Å². The number of hydrogen-bond acceptors (Lipinski definition) is 3. The topological polar surface area (TPSA) is 58.6 Å². The highest BCUT2D eigenvalue weighted by molar-refractivity contribution is 5.99. The molecule has 5 nitrogen and oxygen atoms in total. The van der Waals surface area contributed by atoms with Crippen molar-refractivity contribution in [3.8, 4) is 0 Å². The first-order valence-electron chi connectivity index (χ1n) is 7.84. The number of nitrogens with one attached hydrogen (secondary N) is 1. The molecule has 0 aromatic rings. The van der Waals surface area contributed by atoms with Crippen LogP contribution in [0.1, 0.15) is 47.5 Å². The Bertz CT molecular complexity index is 420. The van der Waals surface area contributed by atoms with Gasteiger partial charge >= 0.3 is 0 Å². The summed E-state index contributed by atoms with van der Waals surface area (Å²) in [6, 6.07) is -0.446. The maximum Gasteiger partial charge on any atom is 0.246 e. The standard InChI is InChI=1S/C16H28N2O3/c1-15(2,3)12-13(19)18(16(4,5)14(20)17-12)10-11-6-8-21-9-7-11/h11-12H,6-10H2,1-5H3,(H,17,20). The van der Waals surface area contributed by atoms with Gasteiger partial charge in [0.2, 0.25) is 11.8 Å². The number of ether oxygens (including phenoxy) is 1. The molecule has 2 rings (SSSR count). The summed E-state index contributed by atoms with van der Waals surface area (Å²) in [5.74, 6) is 0.404. The lowest BCUT2D eigenvalue weighted by atomic mass is 9.81. The van der Waals surface area contributed by atoms with Crippen LogP contribution in [0, 0.1) is 11.3 Å². The van der Waals surface area contributed by atoms with E-state index in [0.717, 1.165) is 26.1 Å². The maximum atomic E-state index is 12.9. The highest BCUT2D eigenvalue weighted by Crippen LogP contribution is 2.31. The zero-order chi connectivity index (χ0) is 15.8. The van der Waals surface area contributed by atoms with Crippen molar-refractivity contribution >= 4 is 11.8 Å². The third-order valence-corrected chi connectivity index (χ3v) is 4.67. The van der Waals surface area contributed by atoms with Crippen LogP contribution >= 0.6 is 0 Å². The van der Waals surface area contributed by atoms with Gasteiger partial charge in [-0.3, -0.25) is 9.59 Å². The number of hydrogen-bond donors (Lipinski definition) is 1. The fraction of sp³-hybridized carbons (Fsp3) is 0.875. The molecule has 0 aromatic heterocycles. The van der Waals surface area contributed by atoms with Gasteiger partial charge in [0, 0.05) is 19.8 Å². The second kappa shape index (κ2) is 5.59. The van der Waals surface area contributed by atoms with E-state index >= 15 is 0 Å². The van der Waals surface area contributed by atoms with E-state index in [1.165, 1.54) is 0 Å². The second-order valence-corrected chi connectivity index (χ2v) is 7.84. The molecule has 0 aliphatic carbocycles. The zero-order valence-electron chi connectivity index (χ0n) is 13.9. The quantitative estimate of drug-likeness (QED) is 0.841. The molecule has 2 amide bonds. The molecular formula is C16H28N2O3. The van der Waals surface area contributed by atoms with E-state index in [0.29, 0.717) is 12.5 Å². The van der Waals surface area contributed by atoms with Gasteiger partial charge in [-0.05, 0) is 38.0 Å². The zero-order valence-corrected chi connectivity index (χ0v) is 13.9. The lowest BCUT2D eigenvalue weighted by Gasteiger charge is -2.48. The summed E-state index contributed by atoms with van der Waals surface area (Å²) in [6.45, 7) is 11.8. The van der Waals surface area contributed by atoms with Crippen molar-refractivity contribution in [1.82, 2.24) is 10.2 Å². The summed E-state index contributed by atoms with van der Waals surface area (Å²) in [4.78, 5) is 27.1. The van der Waals surface area contributed by atoms with Gasteiger partial charge in [-0.25, -0.2) is 0 Å². The maximum absolute atomic E-state index is 12.9. The number of nitrogens with zero attached hydrogens (tertiary/aromatic N) is 1. The number of amides is 2. The Balaban J connectivity index is 2.21. The molecule has 2 aliphatic rings. The molecule has 2 heterocycles. The Morgan fingerprint density at radius 2 is 1.81 bits per heavy atom. The van der Waals surface area contributed by atoms with Crippen molar-refractivity contribution in [3.05, 3.63) is 0 Å². The fourth-order valence-corrected chi connectivity index (χ4v) is 3.02. The van der Waals surface area contributed by atoms with E-state index < -0.39 is 11.6 Å². The summed E-state index contributed by atoms with van der Waals surface area (Å²) in [5, 5.41) is 2.91. The molecule has 1 unspecified atom stereocenters. The van der Waals surface area contributed by atoms with E-state index in [4.69, 9.17) is 4.74 Å². The van der Waals surface area contributed by atoms with Crippen LogP contribution in [0.5, 0.6) is 0 Å². The van der Waals surface area contributed by atoms with E-state index in [-0.39, 0.29) is 17.2 Å². The van der Waals surface area contributed by atoms with Gasteiger partial charge in [-0.15, -0.1) is 0 Å². The lowest BCUT2D eigenvalue weighted by Crippen LogP contribution is -2.71. The number of carbonyl (C=O) groups is 2. The van der Waals surface area contributed by atoms with Gasteiger partial charge in [0.15, 0.2) is 0 Å². The molecule has 21 heavy (non-hydrogen) atoms. The molecule has 5 heteroatoms.